The van der Waals surface area contributed by atoms with Crippen LogP contribution in [0.3, 0.4) is 0 Å². The van der Waals surface area contributed by atoms with Gasteiger partial charge in [-0.15, -0.1) is 0 Å². The van der Waals surface area contributed by atoms with Crippen molar-refractivity contribution < 1.29 is 19.1 Å². The van der Waals surface area contributed by atoms with E-state index in [1.165, 1.54) is 0 Å². The SMILES string of the molecule is CCOC(=O)C1=C(C)N(Cc2cccc(C(=O)NCCc3ccc(Cl)cc3Cl)c2)C(=O)CC1c1ccc(Cl)c(Cl)c1. The maximum absolute atomic E-state index is 13.4. The molecule has 0 saturated heterocycles. The molecule has 1 N–H and O–H groups in total. The van der Waals surface area contributed by atoms with Crippen molar-refractivity contribution in [2.75, 3.05) is 13.2 Å². The van der Waals surface area contributed by atoms with Crippen molar-refractivity contribution in [3.8, 4) is 0 Å². The van der Waals surface area contributed by atoms with Crippen molar-refractivity contribution in [2.24, 2.45) is 0 Å². The molecule has 214 valence electrons. The van der Waals surface area contributed by atoms with E-state index in [0.717, 1.165) is 11.1 Å². The van der Waals surface area contributed by atoms with Gasteiger partial charge in [-0.3, -0.25) is 9.59 Å². The predicted octanol–water partition coefficient (Wildman–Crippen LogP) is 7.63. The molecule has 0 bridgehead atoms. The van der Waals surface area contributed by atoms with E-state index >= 15 is 0 Å². The molecule has 2 amide bonds. The summed E-state index contributed by atoms with van der Waals surface area (Å²) < 4.78 is 5.36. The van der Waals surface area contributed by atoms with Gasteiger partial charge in [-0.2, -0.15) is 0 Å². The van der Waals surface area contributed by atoms with Crippen molar-refractivity contribution in [3.63, 3.8) is 0 Å². The number of halogens is 4. The van der Waals surface area contributed by atoms with E-state index in [2.05, 4.69) is 5.32 Å². The van der Waals surface area contributed by atoms with Crippen molar-refractivity contribution in [1.82, 2.24) is 10.2 Å². The second kappa shape index (κ2) is 13.8. The van der Waals surface area contributed by atoms with Crippen LogP contribution in [0.5, 0.6) is 0 Å². The number of nitrogens with one attached hydrogen (secondary N) is 1. The number of esters is 1. The van der Waals surface area contributed by atoms with Crippen LogP contribution in [0.15, 0.2) is 71.9 Å². The summed E-state index contributed by atoms with van der Waals surface area (Å²) >= 11 is 24.5. The molecular weight excluding hydrogens is 606 g/mol. The monoisotopic (exact) mass is 632 g/mol. The highest BCUT2D eigenvalue weighted by atomic mass is 35.5. The van der Waals surface area contributed by atoms with Gasteiger partial charge in [0.2, 0.25) is 5.91 Å². The Balaban J connectivity index is 1.53. The summed E-state index contributed by atoms with van der Waals surface area (Å²) in [5, 5.41) is 4.73. The zero-order valence-corrected chi connectivity index (χ0v) is 25.5. The predicted molar refractivity (Wildman–Crippen MR) is 163 cm³/mol. The van der Waals surface area contributed by atoms with Gasteiger partial charge in [0, 0.05) is 40.2 Å². The quantitative estimate of drug-likeness (QED) is 0.246. The molecule has 0 aliphatic carbocycles. The normalized spacial score (nSPS) is 15.2. The third kappa shape index (κ3) is 7.44. The van der Waals surface area contributed by atoms with Gasteiger partial charge in [-0.1, -0.05) is 70.7 Å². The second-order valence-electron chi connectivity index (χ2n) is 9.57. The first-order chi connectivity index (χ1) is 19.6. The van der Waals surface area contributed by atoms with Gasteiger partial charge in [-0.05, 0) is 73.4 Å². The third-order valence-corrected chi connectivity index (χ3v) is 8.22. The standard InChI is InChI=1S/C31H28Cl4N2O4/c1-3-41-31(40)29-18(2)37(28(38)16-24(29)21-8-10-25(33)27(35)14-21)17-19-5-4-6-22(13-19)30(39)36-12-11-20-7-9-23(32)15-26(20)34/h4-10,13-15,24H,3,11-12,16-17H2,1-2H3,(H,36,39). The van der Waals surface area contributed by atoms with Crippen LogP contribution < -0.4 is 5.32 Å². The number of carbonyl (C=O) groups is 3. The lowest BCUT2D eigenvalue weighted by Crippen LogP contribution is -2.38. The fraction of sp³-hybridized carbons (Fsp3) is 0.258. The summed E-state index contributed by atoms with van der Waals surface area (Å²) in [7, 11) is 0. The first kappa shape index (κ1) is 30.9. The number of hydrogen-bond donors (Lipinski definition) is 1. The molecule has 0 radical (unpaired) electrons. The average molecular weight is 634 g/mol. The molecule has 0 fully saturated rings. The Morgan fingerprint density at radius 1 is 0.976 bits per heavy atom. The zero-order chi connectivity index (χ0) is 29.7. The van der Waals surface area contributed by atoms with Gasteiger partial charge in [0.1, 0.15) is 0 Å². The van der Waals surface area contributed by atoms with E-state index in [1.807, 2.05) is 12.1 Å². The Morgan fingerprint density at radius 3 is 2.46 bits per heavy atom. The van der Waals surface area contributed by atoms with Crippen molar-refractivity contribution in [2.45, 2.75) is 39.2 Å². The first-order valence-electron chi connectivity index (χ1n) is 13.0. The molecule has 0 saturated carbocycles. The molecule has 0 spiro atoms. The van der Waals surface area contributed by atoms with Gasteiger partial charge >= 0.3 is 5.97 Å². The number of carbonyl (C=O) groups excluding carboxylic acids is 3. The Bertz CT molecular complexity index is 1520. The zero-order valence-electron chi connectivity index (χ0n) is 22.5. The number of ether oxygens (including phenoxy) is 1. The van der Waals surface area contributed by atoms with Gasteiger partial charge < -0.3 is 15.0 Å². The fourth-order valence-electron chi connectivity index (χ4n) is 4.82. The van der Waals surface area contributed by atoms with Crippen molar-refractivity contribution in [1.29, 1.82) is 0 Å². The molecule has 4 rings (SSSR count). The van der Waals surface area contributed by atoms with E-state index in [4.69, 9.17) is 51.1 Å². The maximum atomic E-state index is 13.4. The number of amides is 2. The average Bonchev–Trinajstić information content (AvgIpc) is 2.93. The van der Waals surface area contributed by atoms with Crippen LogP contribution in [0, 0.1) is 0 Å². The lowest BCUT2D eigenvalue weighted by molar-refractivity contribution is -0.140. The van der Waals surface area contributed by atoms with E-state index in [9.17, 15) is 14.4 Å². The van der Waals surface area contributed by atoms with Gasteiger partial charge in [-0.25, -0.2) is 4.79 Å². The highest BCUT2D eigenvalue weighted by Gasteiger charge is 2.37. The molecule has 1 atom stereocenters. The molecular formula is C31H28Cl4N2O4. The van der Waals surface area contributed by atoms with Crippen molar-refractivity contribution >= 4 is 64.2 Å². The Kier molecular flexibility index (Phi) is 10.4. The van der Waals surface area contributed by atoms with Crippen LogP contribution in [-0.2, 0) is 27.3 Å². The lowest BCUT2D eigenvalue weighted by atomic mass is 9.83. The highest BCUT2D eigenvalue weighted by Crippen LogP contribution is 2.39. The minimum absolute atomic E-state index is 0.0525. The van der Waals surface area contributed by atoms with E-state index in [0.29, 0.717) is 55.5 Å². The summed E-state index contributed by atoms with van der Waals surface area (Å²) in [6, 6.07) is 17.4. The van der Waals surface area contributed by atoms with E-state index in [1.54, 1.807) is 67.3 Å². The molecule has 0 aromatic heterocycles. The first-order valence-corrected chi connectivity index (χ1v) is 14.5. The third-order valence-electron chi connectivity index (χ3n) is 6.89. The molecule has 1 aliphatic heterocycles. The van der Waals surface area contributed by atoms with Crippen LogP contribution in [0.25, 0.3) is 0 Å². The summed E-state index contributed by atoms with van der Waals surface area (Å²) in [6.07, 6.45) is 0.598. The maximum Gasteiger partial charge on any atom is 0.336 e. The van der Waals surface area contributed by atoms with Crippen LogP contribution >= 0.6 is 46.4 Å². The fourth-order valence-corrected chi connectivity index (χ4v) is 5.63. The number of allylic oxidation sites excluding steroid dienone is 1. The summed E-state index contributed by atoms with van der Waals surface area (Å²) in [5.74, 6) is -1.44. The molecule has 1 aliphatic rings. The topological polar surface area (TPSA) is 75.7 Å². The van der Waals surface area contributed by atoms with Crippen LogP contribution in [-0.4, -0.2) is 35.8 Å². The van der Waals surface area contributed by atoms with Crippen LogP contribution in [0.1, 0.15) is 53.2 Å². The molecule has 3 aromatic rings. The lowest BCUT2D eigenvalue weighted by Gasteiger charge is -2.34. The van der Waals surface area contributed by atoms with Crippen LogP contribution in [0.4, 0.5) is 0 Å². The molecule has 41 heavy (non-hydrogen) atoms. The molecule has 10 heteroatoms. The summed E-state index contributed by atoms with van der Waals surface area (Å²) in [5.41, 5.74) is 3.66. The Labute approximate surface area is 259 Å². The summed E-state index contributed by atoms with van der Waals surface area (Å²) in [6.45, 7) is 4.22. The van der Waals surface area contributed by atoms with Crippen molar-refractivity contribution in [3.05, 3.63) is 114 Å². The summed E-state index contributed by atoms with van der Waals surface area (Å²) in [4.78, 5) is 40.9. The number of rotatable bonds is 9. The number of benzene rings is 3. The molecule has 3 aromatic carbocycles. The van der Waals surface area contributed by atoms with Crippen LogP contribution in [0.2, 0.25) is 20.1 Å². The van der Waals surface area contributed by atoms with E-state index < -0.39 is 11.9 Å². The smallest absolute Gasteiger partial charge is 0.336 e. The van der Waals surface area contributed by atoms with Gasteiger partial charge in [0.05, 0.1) is 28.8 Å². The Hall–Kier alpha value is -3.03. The molecule has 1 heterocycles. The second-order valence-corrected chi connectivity index (χ2v) is 11.2. The number of hydrogen-bond acceptors (Lipinski definition) is 4. The minimum Gasteiger partial charge on any atom is -0.463 e. The van der Waals surface area contributed by atoms with Gasteiger partial charge in [0.15, 0.2) is 0 Å². The van der Waals surface area contributed by atoms with Gasteiger partial charge in [0.25, 0.3) is 5.91 Å². The minimum atomic E-state index is -0.529. The Morgan fingerprint density at radius 2 is 1.76 bits per heavy atom. The largest absolute Gasteiger partial charge is 0.463 e. The van der Waals surface area contributed by atoms with E-state index in [-0.39, 0.29) is 31.4 Å². The molecule has 6 nitrogen and oxygen atoms in total. The highest BCUT2D eigenvalue weighted by molar-refractivity contribution is 6.42. The molecule has 1 unspecified atom stereocenters. The number of nitrogens with zero attached hydrogens (tertiary/aromatic N) is 1.